The van der Waals surface area contributed by atoms with Crippen molar-refractivity contribution in [3.8, 4) is 0 Å². The van der Waals surface area contributed by atoms with Crippen molar-refractivity contribution in [2.45, 2.75) is 13.3 Å². The van der Waals surface area contributed by atoms with E-state index in [0.717, 1.165) is 5.69 Å². The van der Waals surface area contributed by atoms with Crippen LogP contribution < -0.4 is 16.4 Å². The third kappa shape index (κ3) is 3.02. The van der Waals surface area contributed by atoms with E-state index >= 15 is 0 Å². The lowest BCUT2D eigenvalue weighted by Gasteiger charge is -2.05. The molecule has 0 spiro atoms. The molecule has 2 amide bonds. The van der Waals surface area contributed by atoms with Crippen molar-refractivity contribution in [3.05, 3.63) is 41.2 Å². The van der Waals surface area contributed by atoms with Crippen LogP contribution in [0.5, 0.6) is 0 Å². The van der Waals surface area contributed by atoms with Gasteiger partial charge in [-0.25, -0.2) is 0 Å². The van der Waals surface area contributed by atoms with Crippen LogP contribution in [-0.4, -0.2) is 29.1 Å². The Bertz CT molecular complexity index is 661. The van der Waals surface area contributed by atoms with Gasteiger partial charge < -0.3 is 16.4 Å². The van der Waals surface area contributed by atoms with Crippen molar-refractivity contribution >= 4 is 23.2 Å². The van der Waals surface area contributed by atoms with E-state index < -0.39 is 5.91 Å². The first-order valence-corrected chi connectivity index (χ1v) is 6.53. The highest BCUT2D eigenvalue weighted by atomic mass is 16.2. The molecule has 0 fully saturated rings. The normalized spacial score (nSPS) is 10.2. The fraction of sp³-hybridized carbons (Fsp3) is 0.214. The number of aromatic amines is 1. The molecular formula is C14H17N5O2. The second-order valence-corrected chi connectivity index (χ2v) is 4.43. The van der Waals surface area contributed by atoms with Gasteiger partial charge in [0.1, 0.15) is 0 Å². The smallest absolute Gasteiger partial charge is 0.278 e. The second-order valence-electron chi connectivity index (χ2n) is 4.43. The summed E-state index contributed by atoms with van der Waals surface area (Å²) in [7, 11) is 1.56. The fourth-order valence-corrected chi connectivity index (χ4v) is 1.87. The van der Waals surface area contributed by atoms with Crippen molar-refractivity contribution in [3.63, 3.8) is 0 Å². The Hall–Kier alpha value is -2.83. The molecule has 2 aromatic rings. The highest BCUT2D eigenvalue weighted by Crippen LogP contribution is 2.17. The van der Waals surface area contributed by atoms with Crippen molar-refractivity contribution in [2.75, 3.05) is 18.1 Å². The lowest BCUT2D eigenvalue weighted by atomic mass is 10.2. The first-order valence-electron chi connectivity index (χ1n) is 6.53. The van der Waals surface area contributed by atoms with Crippen LogP contribution in [0.3, 0.4) is 0 Å². The van der Waals surface area contributed by atoms with E-state index in [2.05, 4.69) is 20.8 Å². The topological polar surface area (TPSA) is 113 Å². The molecule has 0 aliphatic heterocycles. The number of H-pyrrole nitrogens is 1. The van der Waals surface area contributed by atoms with Gasteiger partial charge in [-0.05, 0) is 30.7 Å². The number of amides is 2. The van der Waals surface area contributed by atoms with Gasteiger partial charge in [-0.2, -0.15) is 5.10 Å². The van der Waals surface area contributed by atoms with Gasteiger partial charge in [0.15, 0.2) is 5.69 Å². The number of nitrogen functional groups attached to an aromatic ring is 1. The molecule has 110 valence electrons. The van der Waals surface area contributed by atoms with Crippen LogP contribution in [0, 0.1) is 0 Å². The lowest BCUT2D eigenvalue weighted by molar-refractivity contribution is 0.0962. The van der Waals surface area contributed by atoms with E-state index in [0.29, 0.717) is 23.4 Å². The highest BCUT2D eigenvalue weighted by molar-refractivity contribution is 6.06. The van der Waals surface area contributed by atoms with E-state index in [9.17, 15) is 9.59 Å². The second kappa shape index (κ2) is 6.08. The zero-order valence-corrected chi connectivity index (χ0v) is 11.9. The minimum Gasteiger partial charge on any atom is -0.395 e. The highest BCUT2D eigenvalue weighted by Gasteiger charge is 2.16. The van der Waals surface area contributed by atoms with E-state index in [1.807, 2.05) is 6.92 Å². The summed E-state index contributed by atoms with van der Waals surface area (Å²) < 4.78 is 0. The molecule has 1 heterocycles. The number of nitrogens with zero attached hydrogens (tertiary/aromatic N) is 1. The Morgan fingerprint density at radius 1 is 1.24 bits per heavy atom. The van der Waals surface area contributed by atoms with Crippen LogP contribution in [0.25, 0.3) is 0 Å². The molecule has 21 heavy (non-hydrogen) atoms. The molecular weight excluding hydrogens is 270 g/mol. The number of aromatic nitrogens is 2. The molecule has 0 aliphatic carbocycles. The van der Waals surface area contributed by atoms with Gasteiger partial charge in [0.25, 0.3) is 11.8 Å². The molecule has 0 atom stereocenters. The minimum atomic E-state index is -0.392. The van der Waals surface area contributed by atoms with E-state index in [1.54, 1.807) is 31.3 Å². The largest absolute Gasteiger partial charge is 0.395 e. The lowest BCUT2D eigenvalue weighted by Crippen LogP contribution is -2.18. The molecule has 7 nitrogen and oxygen atoms in total. The van der Waals surface area contributed by atoms with Gasteiger partial charge in [-0.1, -0.05) is 6.92 Å². The molecule has 1 aromatic carbocycles. The van der Waals surface area contributed by atoms with Crippen molar-refractivity contribution in [2.24, 2.45) is 0 Å². The third-order valence-electron chi connectivity index (χ3n) is 3.08. The molecule has 7 heteroatoms. The summed E-state index contributed by atoms with van der Waals surface area (Å²) in [6, 6.07) is 6.54. The van der Waals surface area contributed by atoms with Gasteiger partial charge in [0, 0.05) is 18.3 Å². The van der Waals surface area contributed by atoms with Crippen molar-refractivity contribution in [1.82, 2.24) is 15.5 Å². The summed E-state index contributed by atoms with van der Waals surface area (Å²) in [5, 5.41) is 11.9. The maximum Gasteiger partial charge on any atom is 0.278 e. The Morgan fingerprint density at radius 2 is 1.90 bits per heavy atom. The van der Waals surface area contributed by atoms with Crippen molar-refractivity contribution in [1.29, 1.82) is 0 Å². The standard InChI is InChI=1S/C14H17N5O2/c1-3-10-11(15)12(19-18-10)14(21)17-9-6-4-8(5-7-9)13(20)16-2/h4-7H,3,15H2,1-2H3,(H,16,20)(H,17,21)(H,18,19). The Kier molecular flexibility index (Phi) is 4.22. The number of rotatable bonds is 4. The third-order valence-corrected chi connectivity index (χ3v) is 3.08. The van der Waals surface area contributed by atoms with Gasteiger partial charge in [0.2, 0.25) is 0 Å². The zero-order chi connectivity index (χ0) is 15.4. The molecule has 0 unspecified atom stereocenters. The molecule has 0 saturated carbocycles. The zero-order valence-electron chi connectivity index (χ0n) is 11.9. The monoisotopic (exact) mass is 287 g/mol. The van der Waals surface area contributed by atoms with Gasteiger partial charge in [-0.15, -0.1) is 0 Å². The van der Waals surface area contributed by atoms with Gasteiger partial charge >= 0.3 is 0 Å². The first-order chi connectivity index (χ1) is 10.1. The predicted octanol–water partition coefficient (Wildman–Crippen LogP) is 1.17. The van der Waals surface area contributed by atoms with Crippen LogP contribution in [0.1, 0.15) is 33.5 Å². The Morgan fingerprint density at radius 3 is 2.43 bits per heavy atom. The number of carbonyl (C=O) groups is 2. The Balaban J connectivity index is 2.12. The quantitative estimate of drug-likeness (QED) is 0.676. The number of anilines is 2. The molecule has 0 radical (unpaired) electrons. The van der Waals surface area contributed by atoms with E-state index in [1.165, 1.54) is 0 Å². The summed E-state index contributed by atoms with van der Waals surface area (Å²) in [5.41, 5.74) is 8.18. The van der Waals surface area contributed by atoms with Crippen LogP contribution >= 0.6 is 0 Å². The summed E-state index contributed by atoms with van der Waals surface area (Å²) in [6.45, 7) is 1.92. The summed E-state index contributed by atoms with van der Waals surface area (Å²) in [4.78, 5) is 23.5. The number of nitrogens with two attached hydrogens (primary N) is 1. The first kappa shape index (κ1) is 14.6. The van der Waals surface area contributed by atoms with Crippen LogP contribution in [0.4, 0.5) is 11.4 Å². The average Bonchev–Trinajstić information content (AvgIpc) is 2.88. The fourth-order valence-electron chi connectivity index (χ4n) is 1.87. The number of benzene rings is 1. The van der Waals surface area contributed by atoms with Crippen LogP contribution in [-0.2, 0) is 6.42 Å². The summed E-state index contributed by atoms with van der Waals surface area (Å²) >= 11 is 0. The van der Waals surface area contributed by atoms with Crippen molar-refractivity contribution < 1.29 is 9.59 Å². The van der Waals surface area contributed by atoms with E-state index in [4.69, 9.17) is 5.73 Å². The van der Waals surface area contributed by atoms with Crippen LogP contribution in [0.2, 0.25) is 0 Å². The number of aryl methyl sites for hydroxylation is 1. The SMILES string of the molecule is CCc1[nH]nc(C(=O)Nc2ccc(C(=O)NC)cc2)c1N. The number of hydrogen-bond acceptors (Lipinski definition) is 4. The maximum absolute atomic E-state index is 12.1. The van der Waals surface area contributed by atoms with E-state index in [-0.39, 0.29) is 11.6 Å². The summed E-state index contributed by atoms with van der Waals surface area (Å²) in [5.74, 6) is -0.576. The summed E-state index contributed by atoms with van der Waals surface area (Å²) in [6.07, 6.45) is 0.674. The molecule has 2 rings (SSSR count). The minimum absolute atomic E-state index is 0.169. The maximum atomic E-state index is 12.1. The molecule has 0 saturated heterocycles. The van der Waals surface area contributed by atoms with Crippen LogP contribution in [0.15, 0.2) is 24.3 Å². The molecule has 5 N–H and O–H groups in total. The number of nitrogens with one attached hydrogen (secondary N) is 3. The molecule has 0 bridgehead atoms. The number of carbonyl (C=O) groups excluding carboxylic acids is 2. The molecule has 0 aliphatic rings. The Labute approximate surface area is 121 Å². The average molecular weight is 287 g/mol. The van der Waals surface area contributed by atoms with Gasteiger partial charge in [0.05, 0.1) is 11.4 Å². The predicted molar refractivity (Wildman–Crippen MR) is 80.2 cm³/mol. The molecule has 1 aromatic heterocycles. The number of hydrogen-bond donors (Lipinski definition) is 4. The van der Waals surface area contributed by atoms with Gasteiger partial charge in [-0.3, -0.25) is 14.7 Å².